The molecular weight excluding hydrogens is 206 g/mol. The van der Waals surface area contributed by atoms with E-state index in [1.807, 2.05) is 0 Å². The van der Waals surface area contributed by atoms with Gasteiger partial charge in [-0.25, -0.2) is 0 Å². The number of hydrogen-bond donors (Lipinski definition) is 1. The average Bonchev–Trinajstić information content (AvgIpc) is 2.39. The van der Waals surface area contributed by atoms with E-state index in [0.717, 1.165) is 12.3 Å². The van der Waals surface area contributed by atoms with E-state index in [4.69, 9.17) is 0 Å². The molecule has 0 radical (unpaired) electrons. The standard InChI is InChI=1S/C16H25N/c1-14(12-15-8-4-2-5-9-15)17-13-16-10-6-3-7-11-16/h2,4-5,8-9,14,16-17H,3,6-7,10-13H2,1H3. The van der Waals surface area contributed by atoms with Crippen LogP contribution < -0.4 is 5.32 Å². The van der Waals surface area contributed by atoms with Gasteiger partial charge in [0.25, 0.3) is 0 Å². The van der Waals surface area contributed by atoms with Gasteiger partial charge in [-0.3, -0.25) is 0 Å². The second-order valence-corrected chi connectivity index (χ2v) is 5.50. The van der Waals surface area contributed by atoms with E-state index in [0.29, 0.717) is 6.04 Å². The summed E-state index contributed by atoms with van der Waals surface area (Å²) in [5.41, 5.74) is 1.44. The van der Waals surface area contributed by atoms with Crippen molar-refractivity contribution in [3.05, 3.63) is 35.9 Å². The molecule has 1 aliphatic rings. The largest absolute Gasteiger partial charge is 0.314 e. The lowest BCUT2D eigenvalue weighted by Gasteiger charge is -2.24. The number of nitrogens with one attached hydrogen (secondary N) is 1. The Balaban J connectivity index is 1.68. The smallest absolute Gasteiger partial charge is 0.00792 e. The second kappa shape index (κ2) is 6.80. The van der Waals surface area contributed by atoms with Gasteiger partial charge in [0.15, 0.2) is 0 Å². The van der Waals surface area contributed by atoms with Crippen LogP contribution in [0.3, 0.4) is 0 Å². The molecule has 2 rings (SSSR count). The molecule has 0 bridgehead atoms. The van der Waals surface area contributed by atoms with Gasteiger partial charge in [-0.1, -0.05) is 49.6 Å². The van der Waals surface area contributed by atoms with Crippen LogP contribution >= 0.6 is 0 Å². The lowest BCUT2D eigenvalue weighted by Crippen LogP contribution is -2.33. The molecule has 1 fully saturated rings. The number of hydrogen-bond acceptors (Lipinski definition) is 1. The maximum atomic E-state index is 3.70. The first kappa shape index (κ1) is 12.6. The van der Waals surface area contributed by atoms with Gasteiger partial charge in [0.05, 0.1) is 0 Å². The molecule has 1 heteroatoms. The molecule has 1 N–H and O–H groups in total. The predicted molar refractivity (Wildman–Crippen MR) is 74.2 cm³/mol. The van der Waals surface area contributed by atoms with Crippen molar-refractivity contribution in [2.24, 2.45) is 5.92 Å². The summed E-state index contributed by atoms with van der Waals surface area (Å²) < 4.78 is 0. The van der Waals surface area contributed by atoms with E-state index < -0.39 is 0 Å². The molecule has 1 nitrogen and oxygen atoms in total. The summed E-state index contributed by atoms with van der Waals surface area (Å²) in [4.78, 5) is 0. The molecular formula is C16H25N. The molecule has 1 aromatic rings. The third-order valence-electron chi connectivity index (χ3n) is 3.86. The fraction of sp³-hybridized carbons (Fsp3) is 0.625. The van der Waals surface area contributed by atoms with Gasteiger partial charge in [0, 0.05) is 6.04 Å². The Morgan fingerprint density at radius 1 is 1.12 bits per heavy atom. The highest BCUT2D eigenvalue weighted by Gasteiger charge is 2.13. The van der Waals surface area contributed by atoms with Crippen molar-refractivity contribution in [2.45, 2.75) is 51.5 Å². The molecule has 1 aliphatic carbocycles. The van der Waals surface area contributed by atoms with Crippen LogP contribution in [0.1, 0.15) is 44.6 Å². The van der Waals surface area contributed by atoms with Crippen LogP contribution in [0.15, 0.2) is 30.3 Å². The van der Waals surface area contributed by atoms with Gasteiger partial charge in [-0.05, 0) is 44.2 Å². The van der Waals surface area contributed by atoms with Crippen molar-refractivity contribution in [1.82, 2.24) is 5.32 Å². The fourth-order valence-corrected chi connectivity index (χ4v) is 2.80. The Morgan fingerprint density at radius 2 is 1.82 bits per heavy atom. The zero-order valence-corrected chi connectivity index (χ0v) is 11.0. The summed E-state index contributed by atoms with van der Waals surface area (Å²) in [5, 5.41) is 3.70. The molecule has 0 aromatic heterocycles. The first-order chi connectivity index (χ1) is 8.34. The highest BCUT2D eigenvalue weighted by atomic mass is 14.9. The summed E-state index contributed by atoms with van der Waals surface area (Å²) in [5.74, 6) is 0.932. The van der Waals surface area contributed by atoms with Crippen molar-refractivity contribution >= 4 is 0 Å². The Kier molecular flexibility index (Phi) is 5.06. The Hall–Kier alpha value is -0.820. The van der Waals surface area contributed by atoms with E-state index in [1.54, 1.807) is 0 Å². The van der Waals surface area contributed by atoms with E-state index >= 15 is 0 Å². The third kappa shape index (κ3) is 4.51. The molecule has 94 valence electrons. The first-order valence-corrected chi connectivity index (χ1v) is 7.12. The molecule has 0 aliphatic heterocycles. The third-order valence-corrected chi connectivity index (χ3v) is 3.86. The van der Waals surface area contributed by atoms with Crippen LogP contribution in [-0.4, -0.2) is 12.6 Å². The molecule has 0 heterocycles. The monoisotopic (exact) mass is 231 g/mol. The summed E-state index contributed by atoms with van der Waals surface area (Å²) in [6, 6.07) is 11.4. The van der Waals surface area contributed by atoms with E-state index in [9.17, 15) is 0 Å². The molecule has 1 atom stereocenters. The summed E-state index contributed by atoms with van der Waals surface area (Å²) in [6.45, 7) is 3.52. The summed E-state index contributed by atoms with van der Waals surface area (Å²) in [6.07, 6.45) is 8.36. The number of benzene rings is 1. The van der Waals surface area contributed by atoms with E-state index in [2.05, 4.69) is 42.6 Å². The lowest BCUT2D eigenvalue weighted by molar-refractivity contribution is 0.330. The topological polar surface area (TPSA) is 12.0 Å². The summed E-state index contributed by atoms with van der Waals surface area (Å²) >= 11 is 0. The molecule has 1 aromatic carbocycles. The van der Waals surface area contributed by atoms with E-state index in [-0.39, 0.29) is 0 Å². The summed E-state index contributed by atoms with van der Waals surface area (Å²) in [7, 11) is 0. The molecule has 1 unspecified atom stereocenters. The molecule has 0 amide bonds. The van der Waals surface area contributed by atoms with Crippen LogP contribution in [0.2, 0.25) is 0 Å². The van der Waals surface area contributed by atoms with Crippen molar-refractivity contribution < 1.29 is 0 Å². The van der Waals surface area contributed by atoms with Crippen LogP contribution in [0.25, 0.3) is 0 Å². The van der Waals surface area contributed by atoms with Crippen molar-refractivity contribution in [2.75, 3.05) is 6.54 Å². The van der Waals surface area contributed by atoms with Gasteiger partial charge in [-0.2, -0.15) is 0 Å². The van der Waals surface area contributed by atoms with Crippen molar-refractivity contribution in [3.8, 4) is 0 Å². The van der Waals surface area contributed by atoms with Gasteiger partial charge in [-0.15, -0.1) is 0 Å². The highest BCUT2D eigenvalue weighted by molar-refractivity contribution is 5.15. The van der Waals surface area contributed by atoms with Crippen molar-refractivity contribution in [3.63, 3.8) is 0 Å². The average molecular weight is 231 g/mol. The van der Waals surface area contributed by atoms with E-state index in [1.165, 1.54) is 44.2 Å². The van der Waals surface area contributed by atoms with Gasteiger partial charge in [0.2, 0.25) is 0 Å². The zero-order valence-electron chi connectivity index (χ0n) is 11.0. The molecule has 1 saturated carbocycles. The maximum absolute atomic E-state index is 3.70. The van der Waals surface area contributed by atoms with Gasteiger partial charge >= 0.3 is 0 Å². The van der Waals surface area contributed by atoms with Crippen LogP contribution in [0.5, 0.6) is 0 Å². The SMILES string of the molecule is CC(Cc1ccccc1)NCC1CCCCC1. The van der Waals surface area contributed by atoms with Crippen LogP contribution in [0, 0.1) is 5.92 Å². The lowest BCUT2D eigenvalue weighted by atomic mass is 9.89. The first-order valence-electron chi connectivity index (χ1n) is 7.12. The van der Waals surface area contributed by atoms with Crippen LogP contribution in [-0.2, 0) is 6.42 Å². The quantitative estimate of drug-likeness (QED) is 0.813. The predicted octanol–water partition coefficient (Wildman–Crippen LogP) is 3.79. The minimum atomic E-state index is 0.597. The Bertz CT molecular complexity index is 301. The highest BCUT2D eigenvalue weighted by Crippen LogP contribution is 2.22. The zero-order chi connectivity index (χ0) is 11.9. The van der Waals surface area contributed by atoms with Gasteiger partial charge in [0.1, 0.15) is 0 Å². The molecule has 0 saturated heterocycles. The van der Waals surface area contributed by atoms with Gasteiger partial charge < -0.3 is 5.32 Å². The Labute approximate surface area is 106 Å². The van der Waals surface area contributed by atoms with Crippen LogP contribution in [0.4, 0.5) is 0 Å². The fourth-order valence-electron chi connectivity index (χ4n) is 2.80. The second-order valence-electron chi connectivity index (χ2n) is 5.50. The molecule has 0 spiro atoms. The minimum Gasteiger partial charge on any atom is -0.314 e. The normalized spacial score (nSPS) is 19.1. The Morgan fingerprint density at radius 3 is 2.53 bits per heavy atom. The maximum Gasteiger partial charge on any atom is 0.00792 e. The minimum absolute atomic E-state index is 0.597. The molecule has 17 heavy (non-hydrogen) atoms. The van der Waals surface area contributed by atoms with Crippen molar-refractivity contribution in [1.29, 1.82) is 0 Å². The number of rotatable bonds is 5.